The largest absolute Gasteiger partial charge is 0.378 e. The first-order valence-electron chi connectivity index (χ1n) is 10.3. The van der Waals surface area contributed by atoms with Crippen molar-refractivity contribution in [3.63, 3.8) is 0 Å². The monoisotopic (exact) mass is 403 g/mol. The first-order valence-corrected chi connectivity index (χ1v) is 10.3. The standard InChI is InChI=1S/C22H30FN3O3/c1-5-16(4)26(21(27)15(2)3)14-18-20(17-8-6-7-9-19(17)23)24-29-22(18)25-10-12-28-13-11-25/h6-9,15-16H,5,10-14H2,1-4H3/t16-/m0/s1. The Labute approximate surface area is 171 Å². The van der Waals surface area contributed by atoms with Crippen molar-refractivity contribution >= 4 is 11.8 Å². The van der Waals surface area contributed by atoms with Gasteiger partial charge in [-0.05, 0) is 25.5 Å². The van der Waals surface area contributed by atoms with Crippen LogP contribution in [0.25, 0.3) is 11.3 Å². The number of carbonyl (C=O) groups is 1. The molecule has 6 nitrogen and oxygen atoms in total. The van der Waals surface area contributed by atoms with Crippen molar-refractivity contribution in [3.8, 4) is 11.3 Å². The van der Waals surface area contributed by atoms with Gasteiger partial charge in [-0.25, -0.2) is 4.39 Å². The van der Waals surface area contributed by atoms with Crippen molar-refractivity contribution in [3.05, 3.63) is 35.6 Å². The molecule has 0 bridgehead atoms. The number of morpholine rings is 1. The maximum atomic E-state index is 14.6. The zero-order chi connectivity index (χ0) is 21.0. The lowest BCUT2D eigenvalue weighted by molar-refractivity contribution is -0.137. The number of aromatic nitrogens is 1. The Morgan fingerprint density at radius 2 is 1.93 bits per heavy atom. The third-order valence-electron chi connectivity index (χ3n) is 5.42. The van der Waals surface area contributed by atoms with Crippen LogP contribution in [0.1, 0.15) is 39.7 Å². The third kappa shape index (κ3) is 4.61. The Morgan fingerprint density at radius 3 is 2.55 bits per heavy atom. The first kappa shape index (κ1) is 21.3. The lowest BCUT2D eigenvalue weighted by atomic mass is 10.0. The van der Waals surface area contributed by atoms with Crippen molar-refractivity contribution in [1.29, 1.82) is 0 Å². The van der Waals surface area contributed by atoms with Gasteiger partial charge in [-0.3, -0.25) is 4.79 Å². The van der Waals surface area contributed by atoms with Gasteiger partial charge in [-0.1, -0.05) is 38.1 Å². The van der Waals surface area contributed by atoms with Crippen LogP contribution in [0.15, 0.2) is 28.8 Å². The van der Waals surface area contributed by atoms with Gasteiger partial charge in [0.15, 0.2) is 0 Å². The predicted molar refractivity (Wildman–Crippen MR) is 110 cm³/mol. The van der Waals surface area contributed by atoms with Crippen LogP contribution in [-0.2, 0) is 16.1 Å². The van der Waals surface area contributed by atoms with Crippen LogP contribution >= 0.6 is 0 Å². The number of hydrogen-bond acceptors (Lipinski definition) is 5. The molecule has 0 radical (unpaired) electrons. The molecule has 1 aliphatic rings. The molecule has 1 aromatic carbocycles. The van der Waals surface area contributed by atoms with E-state index in [1.807, 2.05) is 25.7 Å². The molecule has 0 unspecified atom stereocenters. The molecule has 0 aliphatic carbocycles. The summed E-state index contributed by atoms with van der Waals surface area (Å²) < 4.78 is 25.7. The van der Waals surface area contributed by atoms with Crippen LogP contribution in [0.4, 0.5) is 10.3 Å². The first-order chi connectivity index (χ1) is 13.9. The Balaban J connectivity index is 2.06. The Hall–Kier alpha value is -2.41. The summed E-state index contributed by atoms with van der Waals surface area (Å²) >= 11 is 0. The minimum Gasteiger partial charge on any atom is -0.378 e. The SMILES string of the molecule is CC[C@H](C)N(Cc1c(-c2ccccc2F)noc1N1CCOCC1)C(=O)C(C)C. The molecule has 1 saturated heterocycles. The van der Waals surface area contributed by atoms with Gasteiger partial charge < -0.3 is 19.1 Å². The Kier molecular flexibility index (Phi) is 6.90. The van der Waals surface area contributed by atoms with E-state index in [0.29, 0.717) is 50.0 Å². The molecule has 2 aromatic rings. The van der Waals surface area contributed by atoms with E-state index in [2.05, 4.69) is 17.0 Å². The van der Waals surface area contributed by atoms with Gasteiger partial charge in [0.2, 0.25) is 11.8 Å². The fourth-order valence-corrected chi connectivity index (χ4v) is 3.50. The molecular formula is C22H30FN3O3. The van der Waals surface area contributed by atoms with Crippen LogP contribution in [-0.4, -0.2) is 48.3 Å². The van der Waals surface area contributed by atoms with E-state index in [9.17, 15) is 9.18 Å². The summed E-state index contributed by atoms with van der Waals surface area (Å²) in [5.41, 5.74) is 1.58. The number of amides is 1. The molecular weight excluding hydrogens is 373 g/mol. The molecule has 1 atom stereocenters. The molecule has 0 N–H and O–H groups in total. The molecule has 1 aromatic heterocycles. The summed E-state index contributed by atoms with van der Waals surface area (Å²) in [7, 11) is 0. The summed E-state index contributed by atoms with van der Waals surface area (Å²) in [6.45, 7) is 10.7. The van der Waals surface area contributed by atoms with E-state index in [-0.39, 0.29) is 23.7 Å². The predicted octanol–water partition coefficient (Wildman–Crippen LogP) is 4.10. The van der Waals surface area contributed by atoms with Gasteiger partial charge in [0.1, 0.15) is 11.5 Å². The topological polar surface area (TPSA) is 58.8 Å². The lowest BCUT2D eigenvalue weighted by Gasteiger charge is -2.32. The molecule has 158 valence electrons. The maximum absolute atomic E-state index is 14.6. The van der Waals surface area contributed by atoms with Crippen molar-refractivity contribution in [2.45, 2.75) is 46.7 Å². The zero-order valence-electron chi connectivity index (χ0n) is 17.7. The normalized spacial score (nSPS) is 15.6. The van der Waals surface area contributed by atoms with E-state index in [1.165, 1.54) is 6.07 Å². The highest BCUT2D eigenvalue weighted by molar-refractivity contribution is 5.79. The summed E-state index contributed by atoms with van der Waals surface area (Å²) in [4.78, 5) is 16.9. The molecule has 29 heavy (non-hydrogen) atoms. The number of rotatable bonds is 7. The van der Waals surface area contributed by atoms with Crippen molar-refractivity contribution in [2.75, 3.05) is 31.2 Å². The second-order valence-corrected chi connectivity index (χ2v) is 7.77. The minimum absolute atomic E-state index is 0.0470. The highest BCUT2D eigenvalue weighted by Gasteiger charge is 2.30. The summed E-state index contributed by atoms with van der Waals surface area (Å²) in [6, 6.07) is 6.57. The highest BCUT2D eigenvalue weighted by Crippen LogP contribution is 2.35. The van der Waals surface area contributed by atoms with E-state index >= 15 is 0 Å². The molecule has 0 saturated carbocycles. The number of hydrogen-bond donors (Lipinski definition) is 0. The van der Waals surface area contributed by atoms with Crippen LogP contribution in [0.3, 0.4) is 0 Å². The summed E-state index contributed by atoms with van der Waals surface area (Å²) in [5.74, 6) is 0.165. The fraction of sp³-hybridized carbons (Fsp3) is 0.545. The van der Waals surface area contributed by atoms with Crippen LogP contribution in [0.2, 0.25) is 0 Å². The molecule has 1 aliphatic heterocycles. The number of anilines is 1. The van der Waals surface area contributed by atoms with Crippen molar-refractivity contribution < 1.29 is 18.4 Å². The summed E-state index contributed by atoms with van der Waals surface area (Å²) in [5, 5.41) is 4.23. The molecule has 3 rings (SSSR count). The highest BCUT2D eigenvalue weighted by atomic mass is 19.1. The average molecular weight is 403 g/mol. The molecule has 2 heterocycles. The van der Waals surface area contributed by atoms with Gasteiger partial charge in [-0.2, -0.15) is 0 Å². The van der Waals surface area contributed by atoms with Crippen LogP contribution in [0.5, 0.6) is 0 Å². The van der Waals surface area contributed by atoms with Gasteiger partial charge in [0.25, 0.3) is 0 Å². The van der Waals surface area contributed by atoms with Crippen molar-refractivity contribution in [2.24, 2.45) is 5.92 Å². The Morgan fingerprint density at radius 1 is 1.24 bits per heavy atom. The van der Waals surface area contributed by atoms with E-state index in [0.717, 1.165) is 12.0 Å². The number of carbonyl (C=O) groups excluding carboxylic acids is 1. The number of ether oxygens (including phenoxy) is 1. The van der Waals surface area contributed by atoms with Crippen LogP contribution in [0, 0.1) is 11.7 Å². The lowest BCUT2D eigenvalue weighted by Crippen LogP contribution is -2.41. The summed E-state index contributed by atoms with van der Waals surface area (Å²) in [6.07, 6.45) is 0.825. The van der Waals surface area contributed by atoms with E-state index in [4.69, 9.17) is 9.26 Å². The average Bonchev–Trinajstić information content (AvgIpc) is 3.15. The number of halogens is 1. The number of nitrogens with zero attached hydrogens (tertiary/aromatic N) is 3. The van der Waals surface area contributed by atoms with Crippen LogP contribution < -0.4 is 4.90 Å². The van der Waals surface area contributed by atoms with E-state index < -0.39 is 0 Å². The maximum Gasteiger partial charge on any atom is 0.233 e. The van der Waals surface area contributed by atoms with Gasteiger partial charge in [0, 0.05) is 30.6 Å². The van der Waals surface area contributed by atoms with E-state index in [1.54, 1.807) is 18.2 Å². The number of benzene rings is 1. The molecule has 1 amide bonds. The van der Waals surface area contributed by atoms with Gasteiger partial charge in [0.05, 0.1) is 25.3 Å². The zero-order valence-corrected chi connectivity index (χ0v) is 17.7. The molecule has 1 fully saturated rings. The Bertz CT molecular complexity index is 830. The smallest absolute Gasteiger partial charge is 0.233 e. The van der Waals surface area contributed by atoms with Crippen molar-refractivity contribution in [1.82, 2.24) is 10.1 Å². The minimum atomic E-state index is -0.360. The van der Waals surface area contributed by atoms with Gasteiger partial charge in [-0.15, -0.1) is 0 Å². The second kappa shape index (κ2) is 9.39. The second-order valence-electron chi connectivity index (χ2n) is 7.77. The quantitative estimate of drug-likeness (QED) is 0.697. The fourth-order valence-electron chi connectivity index (χ4n) is 3.50. The van der Waals surface area contributed by atoms with Gasteiger partial charge >= 0.3 is 0 Å². The third-order valence-corrected chi connectivity index (χ3v) is 5.42. The molecule has 0 spiro atoms. The molecule has 7 heteroatoms.